The molecule has 0 radical (unpaired) electrons. The highest BCUT2D eigenvalue weighted by Crippen LogP contribution is 2.41. The number of hydrogen-bond donors (Lipinski definition) is 2. The van der Waals surface area contributed by atoms with Crippen LogP contribution in [0.25, 0.3) is 0 Å². The molecule has 3 rings (SSSR count). The average molecular weight is 524 g/mol. The van der Waals surface area contributed by atoms with Gasteiger partial charge in [0.15, 0.2) is 11.5 Å². The van der Waals surface area contributed by atoms with E-state index in [9.17, 15) is 9.59 Å². The number of nitrogens with one attached hydrogen (secondary N) is 2. The summed E-state index contributed by atoms with van der Waals surface area (Å²) in [5.74, 6) is 1.74. The van der Waals surface area contributed by atoms with Crippen molar-refractivity contribution < 1.29 is 28.5 Å². The Balaban J connectivity index is 1.92. The van der Waals surface area contributed by atoms with Crippen LogP contribution in [0.1, 0.15) is 12.0 Å². The standard InChI is InChI=1S/C29H37N3O6/c1-30-15-16-32(2)27(33)21-11-13-29(14-12-21,19-20-7-9-23(35-3)10-8-20)28(34)31-22-17-24(36-4)26(38-6)25(18-22)37-5/h7-13,17-18,30H,14-16,19H2,1-6H3,(H,31,34). The van der Waals surface area contributed by atoms with Gasteiger partial charge < -0.3 is 34.5 Å². The fourth-order valence-corrected chi connectivity index (χ4v) is 4.33. The number of methoxy groups -OCH3 is 4. The minimum absolute atomic E-state index is 0.0837. The van der Waals surface area contributed by atoms with Crippen molar-refractivity contribution in [1.82, 2.24) is 10.2 Å². The van der Waals surface area contributed by atoms with Gasteiger partial charge in [-0.15, -0.1) is 0 Å². The number of amides is 2. The molecular weight excluding hydrogens is 486 g/mol. The predicted octanol–water partition coefficient (Wildman–Crippen LogP) is 3.45. The third-order valence-corrected chi connectivity index (χ3v) is 6.61. The molecule has 2 N–H and O–H groups in total. The molecule has 0 bridgehead atoms. The number of allylic oxidation sites excluding steroid dienone is 1. The van der Waals surface area contributed by atoms with E-state index in [1.807, 2.05) is 43.5 Å². The quantitative estimate of drug-likeness (QED) is 0.440. The van der Waals surface area contributed by atoms with Crippen LogP contribution in [-0.4, -0.2) is 72.3 Å². The normalized spacial score (nSPS) is 16.3. The number of rotatable bonds is 12. The van der Waals surface area contributed by atoms with Crippen LogP contribution in [0.15, 0.2) is 60.2 Å². The number of anilines is 1. The maximum atomic E-state index is 13.9. The molecule has 1 aliphatic carbocycles. The highest BCUT2D eigenvalue weighted by molar-refractivity contribution is 6.00. The Morgan fingerprint density at radius 1 is 0.974 bits per heavy atom. The molecule has 9 nitrogen and oxygen atoms in total. The molecule has 0 saturated carbocycles. The average Bonchev–Trinajstić information content (AvgIpc) is 2.95. The van der Waals surface area contributed by atoms with Gasteiger partial charge in [0.25, 0.3) is 5.91 Å². The van der Waals surface area contributed by atoms with Crippen LogP contribution in [0.3, 0.4) is 0 Å². The Morgan fingerprint density at radius 3 is 2.13 bits per heavy atom. The van der Waals surface area contributed by atoms with Gasteiger partial charge in [0.2, 0.25) is 11.7 Å². The Kier molecular flexibility index (Phi) is 9.78. The lowest BCUT2D eigenvalue weighted by atomic mass is 9.74. The summed E-state index contributed by atoms with van der Waals surface area (Å²) in [6, 6.07) is 11.0. The van der Waals surface area contributed by atoms with E-state index in [2.05, 4.69) is 10.6 Å². The van der Waals surface area contributed by atoms with Crippen molar-refractivity contribution in [2.75, 3.05) is 60.9 Å². The molecule has 2 aromatic rings. The first-order valence-electron chi connectivity index (χ1n) is 12.3. The zero-order chi connectivity index (χ0) is 27.7. The zero-order valence-corrected chi connectivity index (χ0v) is 22.9. The van der Waals surface area contributed by atoms with E-state index in [1.165, 1.54) is 21.3 Å². The van der Waals surface area contributed by atoms with E-state index in [0.29, 0.717) is 54.4 Å². The van der Waals surface area contributed by atoms with E-state index >= 15 is 0 Å². The van der Waals surface area contributed by atoms with Crippen LogP contribution >= 0.6 is 0 Å². The van der Waals surface area contributed by atoms with Crippen molar-refractivity contribution in [3.05, 3.63) is 65.8 Å². The van der Waals surface area contributed by atoms with Crippen molar-refractivity contribution in [3.8, 4) is 23.0 Å². The van der Waals surface area contributed by atoms with Gasteiger partial charge in [0.05, 0.1) is 33.9 Å². The van der Waals surface area contributed by atoms with E-state index < -0.39 is 5.41 Å². The molecular formula is C29H37N3O6. The predicted molar refractivity (Wildman–Crippen MR) is 147 cm³/mol. The Labute approximate surface area is 224 Å². The smallest absolute Gasteiger partial charge is 0.253 e. The minimum atomic E-state index is -0.928. The first-order chi connectivity index (χ1) is 18.3. The van der Waals surface area contributed by atoms with Crippen LogP contribution in [0.2, 0.25) is 0 Å². The number of nitrogens with zero attached hydrogens (tertiary/aromatic N) is 1. The number of hydrogen-bond acceptors (Lipinski definition) is 7. The molecule has 1 unspecified atom stereocenters. The van der Waals surface area contributed by atoms with Gasteiger partial charge in [-0.2, -0.15) is 0 Å². The van der Waals surface area contributed by atoms with Crippen molar-refractivity contribution in [1.29, 1.82) is 0 Å². The highest BCUT2D eigenvalue weighted by Gasteiger charge is 2.38. The summed E-state index contributed by atoms with van der Waals surface area (Å²) in [5.41, 5.74) is 1.10. The van der Waals surface area contributed by atoms with E-state index in [0.717, 1.165) is 11.3 Å². The van der Waals surface area contributed by atoms with Gasteiger partial charge in [-0.3, -0.25) is 9.59 Å². The first-order valence-corrected chi connectivity index (χ1v) is 12.3. The molecule has 1 aliphatic rings. The molecule has 2 amide bonds. The maximum absolute atomic E-state index is 13.9. The summed E-state index contributed by atoms with van der Waals surface area (Å²) in [7, 11) is 9.80. The molecule has 2 aromatic carbocycles. The Hall–Kier alpha value is -3.98. The molecule has 0 spiro atoms. The highest BCUT2D eigenvalue weighted by atomic mass is 16.5. The summed E-state index contributed by atoms with van der Waals surface area (Å²) < 4.78 is 21.6. The van der Waals surface area contributed by atoms with Gasteiger partial charge in [-0.1, -0.05) is 30.4 Å². The van der Waals surface area contributed by atoms with Crippen molar-refractivity contribution in [2.45, 2.75) is 12.8 Å². The SMILES string of the molecule is CNCCN(C)C(=O)C1=CCC(Cc2ccc(OC)cc2)(C(=O)Nc2cc(OC)c(OC)c(OC)c2)C=C1. The van der Waals surface area contributed by atoms with Crippen LogP contribution in [0.4, 0.5) is 5.69 Å². The monoisotopic (exact) mass is 523 g/mol. The van der Waals surface area contributed by atoms with Crippen LogP contribution in [0.5, 0.6) is 23.0 Å². The second-order valence-corrected chi connectivity index (χ2v) is 9.08. The van der Waals surface area contributed by atoms with Crippen molar-refractivity contribution in [3.63, 3.8) is 0 Å². The minimum Gasteiger partial charge on any atom is -0.497 e. The molecule has 0 aliphatic heterocycles. The lowest BCUT2D eigenvalue weighted by Gasteiger charge is -2.32. The lowest BCUT2D eigenvalue weighted by Crippen LogP contribution is -2.39. The van der Waals surface area contributed by atoms with E-state index in [1.54, 1.807) is 37.3 Å². The summed E-state index contributed by atoms with van der Waals surface area (Å²) in [6.07, 6.45) is 6.21. The third kappa shape index (κ3) is 6.47. The fourth-order valence-electron chi connectivity index (χ4n) is 4.33. The number of likely N-dealkylation sites (N-methyl/N-ethyl adjacent to an activating group) is 2. The van der Waals surface area contributed by atoms with E-state index in [-0.39, 0.29) is 11.8 Å². The summed E-state index contributed by atoms with van der Waals surface area (Å²) in [4.78, 5) is 28.5. The number of carbonyl (C=O) groups is 2. The van der Waals surface area contributed by atoms with Gasteiger partial charge in [0, 0.05) is 43.5 Å². The number of benzene rings is 2. The van der Waals surface area contributed by atoms with Crippen LogP contribution in [-0.2, 0) is 16.0 Å². The summed E-state index contributed by atoms with van der Waals surface area (Å²) in [5, 5.41) is 6.07. The van der Waals surface area contributed by atoms with Gasteiger partial charge in [-0.25, -0.2) is 0 Å². The summed E-state index contributed by atoms with van der Waals surface area (Å²) in [6.45, 7) is 1.27. The van der Waals surface area contributed by atoms with Crippen LogP contribution in [0, 0.1) is 5.41 Å². The van der Waals surface area contributed by atoms with Gasteiger partial charge >= 0.3 is 0 Å². The number of ether oxygens (including phenoxy) is 4. The van der Waals surface area contributed by atoms with Gasteiger partial charge in [0.1, 0.15) is 5.75 Å². The lowest BCUT2D eigenvalue weighted by molar-refractivity contribution is -0.126. The molecule has 0 fully saturated rings. The molecule has 1 atom stereocenters. The molecule has 9 heteroatoms. The number of carbonyl (C=O) groups excluding carboxylic acids is 2. The molecule has 0 aromatic heterocycles. The molecule has 0 heterocycles. The van der Waals surface area contributed by atoms with Crippen LogP contribution < -0.4 is 29.6 Å². The third-order valence-electron chi connectivity index (χ3n) is 6.61. The topological polar surface area (TPSA) is 98.4 Å². The molecule has 0 saturated heterocycles. The van der Waals surface area contributed by atoms with Crippen molar-refractivity contribution >= 4 is 17.5 Å². The van der Waals surface area contributed by atoms with E-state index in [4.69, 9.17) is 18.9 Å². The van der Waals surface area contributed by atoms with Crippen molar-refractivity contribution in [2.24, 2.45) is 5.41 Å². The molecule has 204 valence electrons. The first kappa shape index (κ1) is 28.6. The fraction of sp³-hybridized carbons (Fsp3) is 0.379. The zero-order valence-electron chi connectivity index (χ0n) is 22.9. The maximum Gasteiger partial charge on any atom is 0.253 e. The largest absolute Gasteiger partial charge is 0.497 e. The molecule has 38 heavy (non-hydrogen) atoms. The Bertz CT molecular complexity index is 1170. The second-order valence-electron chi connectivity index (χ2n) is 9.08. The van der Waals surface area contributed by atoms with Gasteiger partial charge in [-0.05, 0) is 37.6 Å². The Morgan fingerprint density at radius 2 is 1.63 bits per heavy atom. The summed E-state index contributed by atoms with van der Waals surface area (Å²) >= 11 is 0. The second kappa shape index (κ2) is 13.0.